The average molecular weight is 335 g/mol. The van der Waals surface area contributed by atoms with Gasteiger partial charge in [0, 0.05) is 23.1 Å². The van der Waals surface area contributed by atoms with Crippen LogP contribution in [0.2, 0.25) is 0 Å². The van der Waals surface area contributed by atoms with Crippen molar-refractivity contribution in [3.05, 3.63) is 72.3 Å². The van der Waals surface area contributed by atoms with Crippen LogP contribution in [0.1, 0.15) is 17.3 Å². The largest absolute Gasteiger partial charge is 0.326 e. The maximum atomic E-state index is 12.3. The fourth-order valence-corrected chi connectivity index (χ4v) is 3.27. The number of rotatable bonds is 5. The molecule has 3 aromatic carbocycles. The second kappa shape index (κ2) is 7.32. The van der Waals surface area contributed by atoms with Gasteiger partial charge in [0.05, 0.1) is 5.75 Å². The lowest BCUT2D eigenvalue weighted by atomic mass is 10.1. The normalized spacial score (nSPS) is 10.5. The van der Waals surface area contributed by atoms with Gasteiger partial charge in [-0.1, -0.05) is 30.3 Å². The fraction of sp³-hybridized carbons (Fsp3) is 0.100. The number of benzene rings is 3. The van der Waals surface area contributed by atoms with E-state index in [9.17, 15) is 9.59 Å². The molecule has 0 fully saturated rings. The van der Waals surface area contributed by atoms with Gasteiger partial charge in [0.2, 0.25) is 5.91 Å². The lowest BCUT2D eigenvalue weighted by Gasteiger charge is -2.05. The Morgan fingerprint density at radius 2 is 1.62 bits per heavy atom. The molecular weight excluding hydrogens is 318 g/mol. The van der Waals surface area contributed by atoms with E-state index in [0.29, 0.717) is 17.0 Å². The van der Waals surface area contributed by atoms with Crippen LogP contribution in [0, 0.1) is 0 Å². The summed E-state index contributed by atoms with van der Waals surface area (Å²) in [5.74, 6) is 0.334. The van der Waals surface area contributed by atoms with E-state index >= 15 is 0 Å². The summed E-state index contributed by atoms with van der Waals surface area (Å²) in [4.78, 5) is 24.4. The summed E-state index contributed by atoms with van der Waals surface area (Å²) in [6.45, 7) is 1.46. The molecule has 4 heteroatoms. The van der Waals surface area contributed by atoms with E-state index in [0.717, 1.165) is 4.90 Å². The number of thioether (sulfide) groups is 1. The van der Waals surface area contributed by atoms with Crippen molar-refractivity contribution in [1.29, 1.82) is 0 Å². The number of fused-ring (bicyclic) bond motifs is 1. The van der Waals surface area contributed by atoms with Gasteiger partial charge < -0.3 is 5.32 Å². The molecule has 0 saturated heterocycles. The Kier molecular flexibility index (Phi) is 4.96. The van der Waals surface area contributed by atoms with E-state index in [1.807, 2.05) is 18.2 Å². The maximum absolute atomic E-state index is 12.3. The predicted octanol–water partition coefficient (Wildman–Crippen LogP) is 4.77. The van der Waals surface area contributed by atoms with Crippen molar-refractivity contribution < 1.29 is 9.59 Å². The first-order chi connectivity index (χ1) is 11.6. The Labute approximate surface area is 145 Å². The summed E-state index contributed by atoms with van der Waals surface area (Å²) in [6.07, 6.45) is 0. The fourth-order valence-electron chi connectivity index (χ4n) is 2.43. The average Bonchev–Trinajstić information content (AvgIpc) is 2.59. The predicted molar refractivity (Wildman–Crippen MR) is 99.7 cm³/mol. The topological polar surface area (TPSA) is 46.2 Å². The van der Waals surface area contributed by atoms with Crippen LogP contribution in [0.5, 0.6) is 0 Å². The van der Waals surface area contributed by atoms with Crippen LogP contribution in [0.15, 0.2) is 71.6 Å². The Balaban J connectivity index is 1.64. The van der Waals surface area contributed by atoms with Crippen LogP contribution < -0.4 is 5.32 Å². The summed E-state index contributed by atoms with van der Waals surface area (Å²) in [7, 11) is 0. The number of carbonyl (C=O) groups excluding carboxylic acids is 2. The summed E-state index contributed by atoms with van der Waals surface area (Å²) in [5.41, 5.74) is 1.35. The summed E-state index contributed by atoms with van der Waals surface area (Å²) < 4.78 is 0. The molecule has 0 aliphatic heterocycles. The van der Waals surface area contributed by atoms with Crippen molar-refractivity contribution in [3.8, 4) is 0 Å². The zero-order valence-electron chi connectivity index (χ0n) is 13.3. The third-order valence-electron chi connectivity index (χ3n) is 3.62. The highest BCUT2D eigenvalue weighted by atomic mass is 32.2. The molecule has 0 unspecified atom stereocenters. The van der Waals surface area contributed by atoms with Crippen molar-refractivity contribution in [3.63, 3.8) is 0 Å². The zero-order valence-corrected chi connectivity index (χ0v) is 14.1. The molecule has 0 aliphatic rings. The number of amides is 1. The summed E-state index contributed by atoms with van der Waals surface area (Å²) in [6, 6.07) is 21.4. The molecular formula is C20H17NO2S. The highest BCUT2D eigenvalue weighted by Crippen LogP contribution is 2.24. The second-order valence-electron chi connectivity index (χ2n) is 5.48. The Hall–Kier alpha value is -2.59. The van der Waals surface area contributed by atoms with E-state index in [-0.39, 0.29) is 11.7 Å². The first-order valence-electron chi connectivity index (χ1n) is 7.64. The number of Topliss-reactive ketones (excluding diaryl/α,β-unsaturated/α-hetero) is 1. The van der Waals surface area contributed by atoms with E-state index in [1.165, 1.54) is 29.5 Å². The number of anilines is 1. The van der Waals surface area contributed by atoms with Gasteiger partial charge in [0.15, 0.2) is 5.78 Å². The Bertz CT molecular complexity index is 888. The van der Waals surface area contributed by atoms with Gasteiger partial charge in [0.1, 0.15) is 0 Å². The summed E-state index contributed by atoms with van der Waals surface area (Å²) in [5, 5.41) is 5.06. The molecule has 0 aromatic heterocycles. The number of hydrogen-bond acceptors (Lipinski definition) is 3. The van der Waals surface area contributed by atoms with Gasteiger partial charge in [-0.2, -0.15) is 0 Å². The van der Waals surface area contributed by atoms with Gasteiger partial charge in [-0.25, -0.2) is 0 Å². The first kappa shape index (κ1) is 16.3. The van der Waals surface area contributed by atoms with Crippen LogP contribution >= 0.6 is 11.8 Å². The number of hydrogen-bond donors (Lipinski definition) is 1. The first-order valence-corrected chi connectivity index (χ1v) is 8.63. The van der Waals surface area contributed by atoms with Crippen molar-refractivity contribution in [1.82, 2.24) is 0 Å². The maximum Gasteiger partial charge on any atom is 0.221 e. The quantitative estimate of drug-likeness (QED) is 0.539. The highest BCUT2D eigenvalue weighted by molar-refractivity contribution is 8.00. The lowest BCUT2D eigenvalue weighted by Crippen LogP contribution is -2.06. The third-order valence-corrected chi connectivity index (χ3v) is 4.61. The molecule has 0 saturated carbocycles. The minimum absolute atomic E-state index is 0.0718. The molecule has 3 aromatic rings. The number of ketones is 1. The lowest BCUT2D eigenvalue weighted by molar-refractivity contribution is -0.114. The van der Waals surface area contributed by atoms with E-state index < -0.39 is 0 Å². The monoisotopic (exact) mass is 335 g/mol. The van der Waals surface area contributed by atoms with E-state index in [4.69, 9.17) is 0 Å². The zero-order chi connectivity index (χ0) is 16.9. The van der Waals surface area contributed by atoms with Crippen LogP contribution in [0.3, 0.4) is 0 Å². The van der Waals surface area contributed by atoms with Gasteiger partial charge in [0.25, 0.3) is 0 Å². The molecule has 1 amide bonds. The van der Waals surface area contributed by atoms with Crippen LogP contribution in [0.4, 0.5) is 5.69 Å². The molecule has 0 radical (unpaired) electrons. The molecule has 120 valence electrons. The number of carbonyl (C=O) groups is 2. The SMILES string of the molecule is CC(=O)Nc1ccc(C(=O)CSc2ccc3ccccc3c2)cc1. The van der Waals surface area contributed by atoms with Crippen molar-refractivity contribution >= 4 is 39.9 Å². The molecule has 1 N–H and O–H groups in total. The van der Waals surface area contributed by atoms with Crippen molar-refractivity contribution in [2.45, 2.75) is 11.8 Å². The third kappa shape index (κ3) is 4.03. The summed E-state index contributed by atoms with van der Waals surface area (Å²) >= 11 is 1.53. The smallest absolute Gasteiger partial charge is 0.221 e. The molecule has 0 bridgehead atoms. The highest BCUT2D eigenvalue weighted by Gasteiger charge is 2.07. The molecule has 3 rings (SSSR count). The Morgan fingerprint density at radius 1 is 0.917 bits per heavy atom. The van der Waals surface area contributed by atoms with Crippen LogP contribution in [0.25, 0.3) is 10.8 Å². The molecule has 0 atom stereocenters. The van der Waals surface area contributed by atoms with Gasteiger partial charge in [-0.3, -0.25) is 9.59 Å². The van der Waals surface area contributed by atoms with Crippen molar-refractivity contribution in [2.24, 2.45) is 0 Å². The molecule has 3 nitrogen and oxygen atoms in total. The molecule has 0 aliphatic carbocycles. The molecule has 24 heavy (non-hydrogen) atoms. The Morgan fingerprint density at radius 3 is 2.33 bits per heavy atom. The van der Waals surface area contributed by atoms with E-state index in [1.54, 1.807) is 24.3 Å². The van der Waals surface area contributed by atoms with Crippen LogP contribution in [-0.4, -0.2) is 17.4 Å². The second-order valence-corrected chi connectivity index (χ2v) is 6.53. The van der Waals surface area contributed by atoms with Crippen LogP contribution in [-0.2, 0) is 4.79 Å². The van der Waals surface area contributed by atoms with Gasteiger partial charge in [-0.05, 0) is 47.2 Å². The molecule has 0 heterocycles. The minimum Gasteiger partial charge on any atom is -0.326 e. The van der Waals surface area contributed by atoms with E-state index in [2.05, 4.69) is 29.6 Å². The van der Waals surface area contributed by atoms with Gasteiger partial charge in [-0.15, -0.1) is 11.8 Å². The minimum atomic E-state index is -0.124. The van der Waals surface area contributed by atoms with Crippen molar-refractivity contribution in [2.75, 3.05) is 11.1 Å². The standard InChI is InChI=1S/C20H17NO2S/c1-14(22)21-18-9-6-16(7-10-18)20(23)13-24-19-11-8-15-4-2-3-5-17(15)12-19/h2-12H,13H2,1H3,(H,21,22). The molecule has 0 spiro atoms. The number of nitrogens with one attached hydrogen (secondary N) is 1. The van der Waals surface area contributed by atoms with Gasteiger partial charge >= 0.3 is 0 Å².